The van der Waals surface area contributed by atoms with E-state index in [-0.39, 0.29) is 5.56 Å². The first-order valence-electron chi connectivity index (χ1n) is 5.94. The molecule has 5 nitrogen and oxygen atoms in total. The molecule has 1 heterocycles. The maximum Gasteiger partial charge on any atom is 0.341 e. The zero-order chi connectivity index (χ0) is 14.9. The number of carboxylic acid groups (broad SMARTS) is 1. The average Bonchev–Trinajstić information content (AvgIpc) is 2.40. The van der Waals surface area contributed by atoms with E-state index < -0.39 is 5.97 Å². The van der Waals surface area contributed by atoms with Crippen molar-refractivity contribution < 1.29 is 9.90 Å². The number of hydrogen-bond donors (Lipinski definition) is 1. The standard InChI is InChI=1S/C14H14BrN3O2/c1-8-4-5-9(15)6-10(8)12-16-7-11(14(19)20)13(17-12)18(2)3/h4-7H,1-3H3,(H,19,20). The van der Waals surface area contributed by atoms with Gasteiger partial charge in [-0.15, -0.1) is 0 Å². The van der Waals surface area contributed by atoms with E-state index in [1.165, 1.54) is 6.20 Å². The van der Waals surface area contributed by atoms with Gasteiger partial charge in [0.05, 0.1) is 0 Å². The molecule has 0 aliphatic carbocycles. The van der Waals surface area contributed by atoms with E-state index >= 15 is 0 Å². The highest BCUT2D eigenvalue weighted by Gasteiger charge is 2.16. The Hall–Kier alpha value is -1.95. The highest BCUT2D eigenvalue weighted by molar-refractivity contribution is 9.10. The molecule has 0 amide bonds. The van der Waals surface area contributed by atoms with E-state index in [1.807, 2.05) is 25.1 Å². The first-order valence-corrected chi connectivity index (χ1v) is 6.73. The van der Waals surface area contributed by atoms with Crippen molar-refractivity contribution in [2.24, 2.45) is 0 Å². The highest BCUT2D eigenvalue weighted by Crippen LogP contribution is 2.26. The second kappa shape index (κ2) is 5.58. The fraction of sp³-hybridized carbons (Fsp3) is 0.214. The molecule has 1 aromatic carbocycles. The fourth-order valence-corrected chi connectivity index (χ4v) is 2.19. The molecular weight excluding hydrogens is 322 g/mol. The maximum absolute atomic E-state index is 11.2. The molecule has 0 aliphatic heterocycles. The van der Waals surface area contributed by atoms with Gasteiger partial charge in [-0.2, -0.15) is 0 Å². The Morgan fingerprint density at radius 3 is 2.65 bits per heavy atom. The summed E-state index contributed by atoms with van der Waals surface area (Å²) in [6.07, 6.45) is 1.35. The van der Waals surface area contributed by atoms with Gasteiger partial charge in [-0.3, -0.25) is 0 Å². The van der Waals surface area contributed by atoms with Gasteiger partial charge in [-0.25, -0.2) is 14.8 Å². The van der Waals surface area contributed by atoms with Gasteiger partial charge in [0.2, 0.25) is 0 Å². The number of aromatic carboxylic acids is 1. The van der Waals surface area contributed by atoms with Crippen LogP contribution in [0.15, 0.2) is 28.9 Å². The average molecular weight is 336 g/mol. The summed E-state index contributed by atoms with van der Waals surface area (Å²) in [6.45, 7) is 1.96. The molecular formula is C14H14BrN3O2. The molecule has 0 aliphatic rings. The third-order valence-corrected chi connectivity index (χ3v) is 3.36. The van der Waals surface area contributed by atoms with Gasteiger partial charge >= 0.3 is 5.97 Å². The number of carbonyl (C=O) groups is 1. The molecule has 0 atom stereocenters. The monoisotopic (exact) mass is 335 g/mol. The summed E-state index contributed by atoms with van der Waals surface area (Å²) in [5.74, 6) is -0.134. The predicted octanol–water partition coefficient (Wildman–Crippen LogP) is 2.98. The van der Waals surface area contributed by atoms with E-state index in [1.54, 1.807) is 19.0 Å². The lowest BCUT2D eigenvalue weighted by atomic mass is 10.1. The van der Waals surface area contributed by atoms with Crippen molar-refractivity contribution in [3.8, 4) is 11.4 Å². The number of aryl methyl sites for hydroxylation is 1. The Morgan fingerprint density at radius 2 is 2.05 bits per heavy atom. The number of rotatable bonds is 3. The summed E-state index contributed by atoms with van der Waals surface area (Å²) >= 11 is 3.42. The molecule has 2 rings (SSSR count). The van der Waals surface area contributed by atoms with Crippen molar-refractivity contribution in [1.82, 2.24) is 9.97 Å². The van der Waals surface area contributed by atoms with Crippen LogP contribution in [0.4, 0.5) is 5.82 Å². The van der Waals surface area contributed by atoms with E-state index in [2.05, 4.69) is 25.9 Å². The number of anilines is 1. The van der Waals surface area contributed by atoms with Crippen molar-refractivity contribution >= 4 is 27.7 Å². The number of halogens is 1. The molecule has 1 aromatic heterocycles. The van der Waals surface area contributed by atoms with Crippen molar-refractivity contribution in [3.63, 3.8) is 0 Å². The molecule has 0 bridgehead atoms. The summed E-state index contributed by atoms with van der Waals surface area (Å²) in [6, 6.07) is 5.82. The fourth-order valence-electron chi connectivity index (χ4n) is 1.83. The van der Waals surface area contributed by atoms with Gasteiger partial charge < -0.3 is 10.0 Å². The summed E-state index contributed by atoms with van der Waals surface area (Å²) in [5.41, 5.74) is 1.99. The van der Waals surface area contributed by atoms with Crippen LogP contribution in [0, 0.1) is 6.92 Å². The lowest BCUT2D eigenvalue weighted by Gasteiger charge is -2.15. The van der Waals surface area contributed by atoms with E-state index in [0.717, 1.165) is 15.6 Å². The number of aromatic nitrogens is 2. The summed E-state index contributed by atoms with van der Waals surface area (Å²) in [4.78, 5) is 21.4. The van der Waals surface area contributed by atoms with E-state index in [9.17, 15) is 4.79 Å². The van der Waals surface area contributed by atoms with E-state index in [4.69, 9.17) is 5.11 Å². The number of benzene rings is 1. The highest BCUT2D eigenvalue weighted by atomic mass is 79.9. The molecule has 0 radical (unpaired) electrons. The Bertz CT molecular complexity index is 671. The van der Waals surface area contributed by atoms with Crippen LogP contribution in [0.3, 0.4) is 0 Å². The van der Waals surface area contributed by atoms with Gasteiger partial charge in [-0.05, 0) is 24.6 Å². The molecule has 20 heavy (non-hydrogen) atoms. The molecule has 0 saturated carbocycles. The van der Waals surface area contributed by atoms with Crippen molar-refractivity contribution in [3.05, 3.63) is 40.0 Å². The number of nitrogens with zero attached hydrogens (tertiary/aromatic N) is 3. The lowest BCUT2D eigenvalue weighted by Crippen LogP contribution is -2.16. The third-order valence-electron chi connectivity index (χ3n) is 2.86. The normalized spacial score (nSPS) is 10.4. The number of hydrogen-bond acceptors (Lipinski definition) is 4. The van der Waals surface area contributed by atoms with Crippen LogP contribution in [-0.2, 0) is 0 Å². The first kappa shape index (κ1) is 14.5. The minimum absolute atomic E-state index is 0.0893. The summed E-state index contributed by atoms with van der Waals surface area (Å²) < 4.78 is 0.926. The minimum atomic E-state index is -1.04. The third kappa shape index (κ3) is 2.80. The molecule has 6 heteroatoms. The molecule has 2 aromatic rings. The predicted molar refractivity (Wildman–Crippen MR) is 81.2 cm³/mol. The zero-order valence-corrected chi connectivity index (χ0v) is 13.0. The first-order chi connectivity index (χ1) is 9.40. The maximum atomic E-state index is 11.2. The van der Waals surface area contributed by atoms with Crippen LogP contribution in [0.2, 0.25) is 0 Å². The van der Waals surface area contributed by atoms with Crippen LogP contribution in [-0.4, -0.2) is 35.1 Å². The Balaban J connectivity index is 2.62. The smallest absolute Gasteiger partial charge is 0.341 e. The van der Waals surface area contributed by atoms with Gasteiger partial charge in [0.25, 0.3) is 0 Å². The van der Waals surface area contributed by atoms with Crippen LogP contribution in [0.5, 0.6) is 0 Å². The lowest BCUT2D eigenvalue weighted by molar-refractivity contribution is 0.0697. The molecule has 0 fully saturated rings. The topological polar surface area (TPSA) is 66.3 Å². The zero-order valence-electron chi connectivity index (χ0n) is 11.4. The molecule has 0 unspecified atom stereocenters. The minimum Gasteiger partial charge on any atom is -0.477 e. The van der Waals surface area contributed by atoms with Crippen molar-refractivity contribution in [2.75, 3.05) is 19.0 Å². The Kier molecular flexibility index (Phi) is 4.04. The quantitative estimate of drug-likeness (QED) is 0.933. The molecule has 0 saturated heterocycles. The number of carboxylic acids is 1. The van der Waals surface area contributed by atoms with Crippen LogP contribution in [0.25, 0.3) is 11.4 Å². The molecule has 104 valence electrons. The van der Waals surface area contributed by atoms with Crippen LogP contribution < -0.4 is 4.90 Å². The molecule has 0 spiro atoms. The largest absolute Gasteiger partial charge is 0.477 e. The van der Waals surface area contributed by atoms with Crippen LogP contribution >= 0.6 is 15.9 Å². The SMILES string of the molecule is Cc1ccc(Br)cc1-c1ncc(C(=O)O)c(N(C)C)n1. The Morgan fingerprint density at radius 1 is 1.35 bits per heavy atom. The van der Waals surface area contributed by atoms with Gasteiger partial charge in [0.15, 0.2) is 5.82 Å². The van der Waals surface area contributed by atoms with E-state index in [0.29, 0.717) is 11.6 Å². The van der Waals surface area contributed by atoms with Crippen molar-refractivity contribution in [1.29, 1.82) is 0 Å². The van der Waals surface area contributed by atoms with Crippen LogP contribution in [0.1, 0.15) is 15.9 Å². The second-order valence-corrected chi connectivity index (χ2v) is 5.51. The van der Waals surface area contributed by atoms with Gasteiger partial charge in [0, 0.05) is 30.3 Å². The summed E-state index contributed by atoms with van der Waals surface area (Å²) in [7, 11) is 3.51. The second-order valence-electron chi connectivity index (χ2n) is 4.59. The van der Waals surface area contributed by atoms with Gasteiger partial charge in [0.1, 0.15) is 11.4 Å². The summed E-state index contributed by atoms with van der Waals surface area (Å²) in [5, 5.41) is 9.16. The Labute approximate surface area is 125 Å². The molecule has 1 N–H and O–H groups in total. The van der Waals surface area contributed by atoms with Gasteiger partial charge in [-0.1, -0.05) is 22.0 Å². The van der Waals surface area contributed by atoms with Crippen molar-refractivity contribution in [2.45, 2.75) is 6.92 Å².